The van der Waals surface area contributed by atoms with Crippen LogP contribution >= 0.6 is 11.6 Å². The van der Waals surface area contributed by atoms with Crippen molar-refractivity contribution in [3.05, 3.63) is 58.4 Å². The summed E-state index contributed by atoms with van der Waals surface area (Å²) in [6.45, 7) is 5.86. The van der Waals surface area contributed by atoms with Crippen LogP contribution in [0.15, 0.2) is 36.4 Å². The van der Waals surface area contributed by atoms with Crippen LogP contribution in [-0.4, -0.2) is 28.5 Å². The van der Waals surface area contributed by atoms with Gasteiger partial charge in [-0.05, 0) is 51.0 Å². The highest BCUT2D eigenvalue weighted by atomic mass is 35.5. The van der Waals surface area contributed by atoms with Crippen molar-refractivity contribution in [3.8, 4) is 0 Å². The first-order chi connectivity index (χ1) is 10.6. The summed E-state index contributed by atoms with van der Waals surface area (Å²) in [6.07, 6.45) is 1.99. The van der Waals surface area contributed by atoms with Gasteiger partial charge in [-0.15, -0.1) is 0 Å². The largest absolute Gasteiger partial charge is 0.346 e. The number of amides is 1. The average molecular weight is 317 g/mol. The molecule has 22 heavy (non-hydrogen) atoms. The summed E-state index contributed by atoms with van der Waals surface area (Å²) in [7, 11) is 0. The lowest BCUT2D eigenvalue weighted by molar-refractivity contribution is 0.0694. The Bertz CT molecular complexity index is 665. The van der Waals surface area contributed by atoms with Gasteiger partial charge in [-0.1, -0.05) is 23.7 Å². The van der Waals surface area contributed by atoms with Gasteiger partial charge in [-0.2, -0.15) is 0 Å². The smallest absolute Gasteiger partial charge is 0.255 e. The van der Waals surface area contributed by atoms with E-state index in [4.69, 9.17) is 11.6 Å². The van der Waals surface area contributed by atoms with E-state index in [0.29, 0.717) is 16.6 Å². The van der Waals surface area contributed by atoms with E-state index in [0.717, 1.165) is 25.9 Å². The molecule has 1 fully saturated rings. The minimum atomic E-state index is 0.0463. The Labute approximate surface area is 136 Å². The molecule has 2 aromatic rings. The number of likely N-dealkylation sites (tertiary alicyclic amines) is 1. The minimum Gasteiger partial charge on any atom is -0.346 e. The standard InChI is InChI=1S/C18H21ClN2O/c1-13-7-8-14(2)21(13)15-9-11-20(12-10-15)18(22)16-5-3-4-6-17(16)19/h3-8,15H,9-12H2,1-2H3. The fraction of sp³-hybridized carbons (Fsp3) is 0.389. The lowest BCUT2D eigenvalue weighted by Gasteiger charge is -2.34. The Balaban J connectivity index is 1.70. The molecule has 1 amide bonds. The summed E-state index contributed by atoms with van der Waals surface area (Å²) in [4.78, 5) is 14.5. The zero-order valence-electron chi connectivity index (χ0n) is 13.1. The van der Waals surface area contributed by atoms with Gasteiger partial charge in [0.2, 0.25) is 0 Å². The maximum absolute atomic E-state index is 12.6. The van der Waals surface area contributed by atoms with Gasteiger partial charge >= 0.3 is 0 Å². The number of aromatic nitrogens is 1. The van der Waals surface area contributed by atoms with Crippen molar-refractivity contribution in [2.75, 3.05) is 13.1 Å². The predicted molar refractivity (Wildman–Crippen MR) is 89.5 cm³/mol. The molecule has 1 aliphatic heterocycles. The van der Waals surface area contributed by atoms with Gasteiger partial charge in [0, 0.05) is 30.5 Å². The summed E-state index contributed by atoms with van der Waals surface area (Å²) < 4.78 is 2.40. The SMILES string of the molecule is Cc1ccc(C)n1C1CCN(C(=O)c2ccccc2Cl)CC1. The van der Waals surface area contributed by atoms with Gasteiger partial charge in [0.05, 0.1) is 10.6 Å². The molecule has 0 atom stereocenters. The van der Waals surface area contributed by atoms with Gasteiger partial charge in [0.15, 0.2) is 0 Å². The van der Waals surface area contributed by atoms with E-state index in [1.807, 2.05) is 17.0 Å². The van der Waals surface area contributed by atoms with E-state index >= 15 is 0 Å². The molecule has 3 rings (SSSR count). The van der Waals surface area contributed by atoms with E-state index in [1.54, 1.807) is 12.1 Å². The molecule has 1 aliphatic rings. The number of halogens is 1. The first kappa shape index (κ1) is 15.2. The lowest BCUT2D eigenvalue weighted by Crippen LogP contribution is -2.39. The van der Waals surface area contributed by atoms with Crippen molar-refractivity contribution in [1.29, 1.82) is 0 Å². The third kappa shape index (κ3) is 2.78. The van der Waals surface area contributed by atoms with Crippen molar-refractivity contribution in [2.45, 2.75) is 32.7 Å². The Morgan fingerprint density at radius 1 is 1.05 bits per heavy atom. The molecular weight excluding hydrogens is 296 g/mol. The van der Waals surface area contributed by atoms with E-state index < -0.39 is 0 Å². The molecule has 0 radical (unpaired) electrons. The average Bonchev–Trinajstić information content (AvgIpc) is 2.86. The van der Waals surface area contributed by atoms with Crippen LogP contribution in [0.1, 0.15) is 40.6 Å². The van der Waals surface area contributed by atoms with Crippen molar-refractivity contribution >= 4 is 17.5 Å². The van der Waals surface area contributed by atoms with Crippen LogP contribution in [-0.2, 0) is 0 Å². The van der Waals surface area contributed by atoms with E-state index in [-0.39, 0.29) is 5.91 Å². The number of nitrogens with zero attached hydrogens (tertiary/aromatic N) is 2. The molecule has 2 heterocycles. The number of aryl methyl sites for hydroxylation is 2. The van der Waals surface area contributed by atoms with Crippen molar-refractivity contribution in [1.82, 2.24) is 9.47 Å². The first-order valence-corrected chi connectivity index (χ1v) is 8.14. The van der Waals surface area contributed by atoms with Crippen LogP contribution < -0.4 is 0 Å². The number of hydrogen-bond acceptors (Lipinski definition) is 1. The predicted octanol–water partition coefficient (Wildman–Crippen LogP) is 4.24. The zero-order chi connectivity index (χ0) is 15.7. The second-order valence-electron chi connectivity index (χ2n) is 5.99. The maximum atomic E-state index is 12.6. The van der Waals surface area contributed by atoms with Gasteiger partial charge < -0.3 is 9.47 Å². The fourth-order valence-corrected chi connectivity index (χ4v) is 3.60. The highest BCUT2D eigenvalue weighted by Gasteiger charge is 2.26. The van der Waals surface area contributed by atoms with Crippen LogP contribution in [0.3, 0.4) is 0 Å². The van der Waals surface area contributed by atoms with Gasteiger partial charge in [0.25, 0.3) is 5.91 Å². The van der Waals surface area contributed by atoms with Crippen molar-refractivity contribution in [2.24, 2.45) is 0 Å². The summed E-state index contributed by atoms with van der Waals surface area (Å²) >= 11 is 6.14. The Morgan fingerprint density at radius 2 is 1.64 bits per heavy atom. The molecule has 116 valence electrons. The molecule has 0 spiro atoms. The molecule has 0 aliphatic carbocycles. The highest BCUT2D eigenvalue weighted by Crippen LogP contribution is 2.28. The van der Waals surface area contributed by atoms with Crippen LogP contribution in [0.2, 0.25) is 5.02 Å². The summed E-state index contributed by atoms with van der Waals surface area (Å²) in [5.41, 5.74) is 3.21. The van der Waals surface area contributed by atoms with Crippen molar-refractivity contribution < 1.29 is 4.79 Å². The molecule has 0 N–H and O–H groups in total. The third-order valence-electron chi connectivity index (χ3n) is 4.55. The topological polar surface area (TPSA) is 25.2 Å². The van der Waals surface area contributed by atoms with Crippen LogP contribution in [0.5, 0.6) is 0 Å². The Morgan fingerprint density at radius 3 is 2.23 bits per heavy atom. The molecule has 1 aromatic carbocycles. The fourth-order valence-electron chi connectivity index (χ4n) is 3.39. The monoisotopic (exact) mass is 316 g/mol. The second kappa shape index (κ2) is 6.17. The van der Waals surface area contributed by atoms with Crippen LogP contribution in [0, 0.1) is 13.8 Å². The number of hydrogen-bond donors (Lipinski definition) is 0. The number of carbonyl (C=O) groups excluding carboxylic acids is 1. The molecule has 3 nitrogen and oxygen atoms in total. The third-order valence-corrected chi connectivity index (χ3v) is 4.88. The zero-order valence-corrected chi connectivity index (χ0v) is 13.8. The van der Waals surface area contributed by atoms with Crippen molar-refractivity contribution in [3.63, 3.8) is 0 Å². The number of benzene rings is 1. The number of rotatable bonds is 2. The van der Waals surface area contributed by atoms with Gasteiger partial charge in [-0.3, -0.25) is 4.79 Å². The molecule has 0 unspecified atom stereocenters. The maximum Gasteiger partial charge on any atom is 0.255 e. The number of piperidine rings is 1. The molecule has 0 bridgehead atoms. The van der Waals surface area contributed by atoms with Gasteiger partial charge in [-0.25, -0.2) is 0 Å². The highest BCUT2D eigenvalue weighted by molar-refractivity contribution is 6.33. The Hall–Kier alpha value is -1.74. The Kier molecular flexibility index (Phi) is 4.25. The minimum absolute atomic E-state index is 0.0463. The summed E-state index contributed by atoms with van der Waals surface area (Å²) in [5.74, 6) is 0.0463. The first-order valence-electron chi connectivity index (χ1n) is 7.76. The summed E-state index contributed by atoms with van der Waals surface area (Å²) in [6, 6.07) is 12.1. The molecule has 0 saturated carbocycles. The normalized spacial score (nSPS) is 16.0. The molecule has 1 aromatic heterocycles. The number of carbonyl (C=O) groups is 1. The van der Waals surface area contributed by atoms with Crippen LogP contribution in [0.25, 0.3) is 0 Å². The second-order valence-corrected chi connectivity index (χ2v) is 6.40. The van der Waals surface area contributed by atoms with Gasteiger partial charge in [0.1, 0.15) is 0 Å². The molecular formula is C18H21ClN2O. The molecule has 1 saturated heterocycles. The van der Waals surface area contributed by atoms with E-state index in [9.17, 15) is 4.79 Å². The van der Waals surface area contributed by atoms with E-state index in [1.165, 1.54) is 11.4 Å². The lowest BCUT2D eigenvalue weighted by atomic mass is 10.0. The van der Waals surface area contributed by atoms with Crippen LogP contribution in [0.4, 0.5) is 0 Å². The summed E-state index contributed by atoms with van der Waals surface area (Å²) in [5, 5.41) is 0.534. The van der Waals surface area contributed by atoms with E-state index in [2.05, 4.69) is 30.5 Å². The molecule has 4 heteroatoms. The quantitative estimate of drug-likeness (QED) is 0.813.